The van der Waals surface area contributed by atoms with Gasteiger partial charge in [-0.05, 0) is 39.0 Å². The quantitative estimate of drug-likeness (QED) is 0.234. The van der Waals surface area contributed by atoms with Crippen LogP contribution >= 0.6 is 24.0 Å². The van der Waals surface area contributed by atoms with Gasteiger partial charge in [-0.1, -0.05) is 11.6 Å². The number of allylic oxidation sites excluding steroid dienone is 1. The molecule has 1 rings (SSSR count). The van der Waals surface area contributed by atoms with E-state index in [9.17, 15) is 0 Å². The standard InChI is InChI=1S/C14H27N3O.HI/c1-3-18-12-11-17-14(15-2)16-10-9-13-7-5-4-6-8-13;/h7H,3-6,8-12H2,1-2H3,(H2,15,16,17);1H. The van der Waals surface area contributed by atoms with Crippen LogP contribution in [-0.4, -0.2) is 39.3 Å². The molecule has 0 aliphatic heterocycles. The second-order valence-corrected chi connectivity index (χ2v) is 4.48. The molecule has 0 atom stereocenters. The van der Waals surface area contributed by atoms with E-state index in [-0.39, 0.29) is 24.0 Å². The molecule has 1 aliphatic carbocycles. The normalized spacial score (nSPS) is 15.5. The lowest BCUT2D eigenvalue weighted by Gasteiger charge is -2.15. The van der Waals surface area contributed by atoms with Gasteiger partial charge in [-0.2, -0.15) is 0 Å². The fourth-order valence-electron chi connectivity index (χ4n) is 2.08. The van der Waals surface area contributed by atoms with Gasteiger partial charge in [0.05, 0.1) is 6.61 Å². The van der Waals surface area contributed by atoms with Crippen molar-refractivity contribution in [2.45, 2.75) is 39.0 Å². The molecule has 2 N–H and O–H groups in total. The van der Waals surface area contributed by atoms with Gasteiger partial charge in [0.2, 0.25) is 0 Å². The Morgan fingerprint density at radius 1 is 1.32 bits per heavy atom. The van der Waals surface area contributed by atoms with Crippen LogP contribution in [0.3, 0.4) is 0 Å². The van der Waals surface area contributed by atoms with Crippen molar-refractivity contribution >= 4 is 29.9 Å². The van der Waals surface area contributed by atoms with Crippen molar-refractivity contribution in [1.29, 1.82) is 0 Å². The first-order chi connectivity index (χ1) is 8.86. The molecule has 0 saturated heterocycles. The maximum absolute atomic E-state index is 5.27. The number of ether oxygens (including phenoxy) is 1. The Balaban J connectivity index is 0.00000324. The summed E-state index contributed by atoms with van der Waals surface area (Å²) < 4.78 is 5.27. The highest BCUT2D eigenvalue weighted by Crippen LogP contribution is 2.19. The molecule has 0 heterocycles. The number of guanidine groups is 1. The molecule has 0 radical (unpaired) electrons. The van der Waals surface area contributed by atoms with Crippen molar-refractivity contribution in [3.8, 4) is 0 Å². The fraction of sp³-hybridized carbons (Fsp3) is 0.786. The van der Waals surface area contributed by atoms with Crippen LogP contribution in [0, 0.1) is 0 Å². The monoisotopic (exact) mass is 381 g/mol. The molecule has 0 unspecified atom stereocenters. The van der Waals surface area contributed by atoms with E-state index in [1.807, 2.05) is 6.92 Å². The largest absolute Gasteiger partial charge is 0.380 e. The Bertz CT molecular complexity index is 280. The van der Waals surface area contributed by atoms with E-state index in [0.717, 1.165) is 38.7 Å². The van der Waals surface area contributed by atoms with E-state index in [0.29, 0.717) is 0 Å². The molecule has 0 bridgehead atoms. The summed E-state index contributed by atoms with van der Waals surface area (Å²) in [6, 6.07) is 0. The molecule has 0 aromatic rings. The summed E-state index contributed by atoms with van der Waals surface area (Å²) in [5.74, 6) is 0.867. The molecule has 0 amide bonds. The fourth-order valence-corrected chi connectivity index (χ4v) is 2.08. The van der Waals surface area contributed by atoms with Gasteiger partial charge < -0.3 is 15.4 Å². The van der Waals surface area contributed by atoms with Crippen LogP contribution in [0.2, 0.25) is 0 Å². The Hall–Kier alpha value is -0.300. The van der Waals surface area contributed by atoms with E-state index in [4.69, 9.17) is 4.74 Å². The zero-order valence-electron chi connectivity index (χ0n) is 12.2. The number of nitrogens with one attached hydrogen (secondary N) is 2. The maximum Gasteiger partial charge on any atom is 0.191 e. The zero-order valence-corrected chi connectivity index (χ0v) is 14.5. The number of nitrogens with zero attached hydrogens (tertiary/aromatic N) is 1. The van der Waals surface area contributed by atoms with E-state index in [2.05, 4.69) is 21.7 Å². The highest BCUT2D eigenvalue weighted by Gasteiger charge is 2.03. The zero-order chi connectivity index (χ0) is 13.1. The van der Waals surface area contributed by atoms with Crippen LogP contribution in [0.25, 0.3) is 0 Å². The lowest BCUT2D eigenvalue weighted by molar-refractivity contribution is 0.152. The number of halogens is 1. The molecule has 5 heteroatoms. The minimum absolute atomic E-state index is 0. The van der Waals surface area contributed by atoms with E-state index >= 15 is 0 Å². The summed E-state index contributed by atoms with van der Waals surface area (Å²) in [4.78, 5) is 4.19. The Kier molecular flexibility index (Phi) is 12.5. The molecule has 1 aliphatic rings. The Morgan fingerprint density at radius 2 is 2.11 bits per heavy atom. The lowest BCUT2D eigenvalue weighted by atomic mass is 9.97. The molecule has 4 nitrogen and oxygen atoms in total. The predicted octanol–water partition coefficient (Wildman–Crippen LogP) is 2.70. The first kappa shape index (κ1) is 18.7. The molecule has 112 valence electrons. The van der Waals surface area contributed by atoms with Crippen molar-refractivity contribution in [1.82, 2.24) is 10.6 Å². The third-order valence-corrected chi connectivity index (χ3v) is 3.09. The summed E-state index contributed by atoms with van der Waals surface area (Å²) in [6.45, 7) is 5.26. The van der Waals surface area contributed by atoms with Gasteiger partial charge in [0.25, 0.3) is 0 Å². The highest BCUT2D eigenvalue weighted by atomic mass is 127. The summed E-state index contributed by atoms with van der Waals surface area (Å²) in [5.41, 5.74) is 1.60. The Morgan fingerprint density at radius 3 is 2.74 bits per heavy atom. The molecule has 0 saturated carbocycles. The molecular formula is C14H28IN3O. The number of hydrogen-bond donors (Lipinski definition) is 2. The van der Waals surface area contributed by atoms with Gasteiger partial charge in [0.1, 0.15) is 0 Å². The average molecular weight is 381 g/mol. The number of rotatable bonds is 7. The summed E-state index contributed by atoms with van der Waals surface area (Å²) in [7, 11) is 1.80. The number of hydrogen-bond acceptors (Lipinski definition) is 2. The van der Waals surface area contributed by atoms with Gasteiger partial charge in [-0.25, -0.2) is 0 Å². The minimum atomic E-state index is 0. The van der Waals surface area contributed by atoms with E-state index in [1.54, 1.807) is 12.6 Å². The van der Waals surface area contributed by atoms with Gasteiger partial charge >= 0.3 is 0 Å². The smallest absolute Gasteiger partial charge is 0.191 e. The molecule has 0 spiro atoms. The topological polar surface area (TPSA) is 45.6 Å². The van der Waals surface area contributed by atoms with Gasteiger partial charge in [-0.3, -0.25) is 4.99 Å². The highest BCUT2D eigenvalue weighted by molar-refractivity contribution is 14.0. The van der Waals surface area contributed by atoms with Crippen LogP contribution in [0.15, 0.2) is 16.6 Å². The Labute approximate surface area is 134 Å². The predicted molar refractivity (Wildman–Crippen MR) is 92.4 cm³/mol. The molecular weight excluding hydrogens is 353 g/mol. The average Bonchev–Trinajstić information content (AvgIpc) is 2.42. The van der Waals surface area contributed by atoms with Crippen molar-refractivity contribution in [3.05, 3.63) is 11.6 Å². The van der Waals surface area contributed by atoms with Crippen LogP contribution in [0.1, 0.15) is 39.0 Å². The van der Waals surface area contributed by atoms with Crippen molar-refractivity contribution < 1.29 is 4.74 Å². The van der Waals surface area contributed by atoms with Gasteiger partial charge in [-0.15, -0.1) is 24.0 Å². The molecule has 19 heavy (non-hydrogen) atoms. The van der Waals surface area contributed by atoms with Crippen LogP contribution in [0.4, 0.5) is 0 Å². The molecule has 0 aromatic heterocycles. The van der Waals surface area contributed by atoms with Crippen LogP contribution < -0.4 is 10.6 Å². The van der Waals surface area contributed by atoms with Crippen molar-refractivity contribution in [2.75, 3.05) is 33.4 Å². The maximum atomic E-state index is 5.27. The third-order valence-electron chi connectivity index (χ3n) is 3.09. The minimum Gasteiger partial charge on any atom is -0.380 e. The second-order valence-electron chi connectivity index (χ2n) is 4.48. The second kappa shape index (κ2) is 12.7. The lowest BCUT2D eigenvalue weighted by Crippen LogP contribution is -2.39. The first-order valence-corrected chi connectivity index (χ1v) is 7.07. The SMILES string of the molecule is CCOCCNC(=NC)NCCC1=CCCCC1.I. The summed E-state index contributed by atoms with van der Waals surface area (Å²) in [6.07, 6.45) is 8.78. The van der Waals surface area contributed by atoms with E-state index in [1.165, 1.54) is 25.7 Å². The van der Waals surface area contributed by atoms with Crippen molar-refractivity contribution in [3.63, 3.8) is 0 Å². The van der Waals surface area contributed by atoms with Gasteiger partial charge in [0.15, 0.2) is 5.96 Å². The van der Waals surface area contributed by atoms with Crippen LogP contribution in [0.5, 0.6) is 0 Å². The molecule has 0 aromatic carbocycles. The first-order valence-electron chi connectivity index (χ1n) is 7.07. The van der Waals surface area contributed by atoms with Crippen molar-refractivity contribution in [2.24, 2.45) is 4.99 Å². The third kappa shape index (κ3) is 9.27. The number of aliphatic imine (C=N–C) groups is 1. The van der Waals surface area contributed by atoms with Gasteiger partial charge in [0, 0.05) is 26.7 Å². The van der Waals surface area contributed by atoms with E-state index < -0.39 is 0 Å². The summed E-state index contributed by atoms with van der Waals surface area (Å²) >= 11 is 0. The van der Waals surface area contributed by atoms with Crippen LogP contribution in [-0.2, 0) is 4.74 Å². The summed E-state index contributed by atoms with van der Waals surface area (Å²) in [5, 5.41) is 6.57. The molecule has 0 fully saturated rings.